The van der Waals surface area contributed by atoms with Crippen LogP contribution in [0.3, 0.4) is 0 Å². The summed E-state index contributed by atoms with van der Waals surface area (Å²) in [5.74, 6) is 0.331. The summed E-state index contributed by atoms with van der Waals surface area (Å²) in [7, 11) is 1.63. The van der Waals surface area contributed by atoms with Gasteiger partial charge in [-0.25, -0.2) is 0 Å². The van der Waals surface area contributed by atoms with Crippen LogP contribution in [0, 0.1) is 11.3 Å². The Kier molecular flexibility index (Phi) is 4.66. The number of benzene rings is 1. The Hall–Kier alpha value is -1.88. The van der Waals surface area contributed by atoms with Gasteiger partial charge in [-0.2, -0.15) is 0 Å². The zero-order valence-electron chi connectivity index (χ0n) is 13.7. The Balaban J connectivity index is 1.46. The lowest BCUT2D eigenvalue weighted by Crippen LogP contribution is -2.34. The van der Waals surface area contributed by atoms with Gasteiger partial charge in [0.05, 0.1) is 0 Å². The van der Waals surface area contributed by atoms with E-state index in [0.29, 0.717) is 12.1 Å². The zero-order valence-corrected chi connectivity index (χ0v) is 13.7. The van der Waals surface area contributed by atoms with Crippen molar-refractivity contribution in [3.05, 3.63) is 35.4 Å². The van der Waals surface area contributed by atoms with Gasteiger partial charge < -0.3 is 16.0 Å². The molecule has 5 nitrogen and oxygen atoms in total. The molecule has 1 saturated carbocycles. The Morgan fingerprint density at radius 1 is 1.30 bits per heavy atom. The van der Waals surface area contributed by atoms with E-state index < -0.39 is 0 Å². The van der Waals surface area contributed by atoms with Crippen LogP contribution in [0.15, 0.2) is 24.3 Å². The normalized spacial score (nSPS) is 21.7. The fourth-order valence-electron chi connectivity index (χ4n) is 3.66. The Morgan fingerprint density at radius 3 is 2.83 bits per heavy atom. The molecular weight excluding hydrogens is 290 g/mol. The van der Waals surface area contributed by atoms with Gasteiger partial charge in [-0.05, 0) is 61.9 Å². The van der Waals surface area contributed by atoms with Crippen molar-refractivity contribution in [1.29, 1.82) is 0 Å². The van der Waals surface area contributed by atoms with Gasteiger partial charge in [0.15, 0.2) is 0 Å². The van der Waals surface area contributed by atoms with E-state index in [1.165, 1.54) is 0 Å². The summed E-state index contributed by atoms with van der Waals surface area (Å²) in [6.45, 7) is 2.70. The number of amides is 2. The number of carbonyl (C=O) groups excluding carboxylic acids is 2. The molecule has 1 saturated heterocycles. The minimum atomic E-state index is -0.0817. The molecule has 23 heavy (non-hydrogen) atoms. The lowest BCUT2D eigenvalue weighted by atomic mass is 9.92. The standard InChI is InChI=1S/C18H25N3O2/c1-19-16(22)14-4-2-3-13(11-14)5-8-21-17(23)15-12-18(15)6-9-20-10-7-18/h2-4,11,15,20H,5-10,12H2,1H3,(H,19,22)(H,21,23). The predicted molar refractivity (Wildman–Crippen MR) is 89.2 cm³/mol. The monoisotopic (exact) mass is 315 g/mol. The molecule has 1 aliphatic carbocycles. The topological polar surface area (TPSA) is 70.2 Å². The van der Waals surface area contributed by atoms with Gasteiger partial charge in [-0.1, -0.05) is 12.1 Å². The van der Waals surface area contributed by atoms with Crippen LogP contribution in [0.5, 0.6) is 0 Å². The van der Waals surface area contributed by atoms with E-state index in [4.69, 9.17) is 0 Å². The lowest BCUT2D eigenvalue weighted by molar-refractivity contribution is -0.123. The number of hydrogen-bond acceptors (Lipinski definition) is 3. The van der Waals surface area contributed by atoms with Crippen LogP contribution in [-0.4, -0.2) is 38.5 Å². The van der Waals surface area contributed by atoms with E-state index in [0.717, 1.165) is 44.3 Å². The van der Waals surface area contributed by atoms with E-state index >= 15 is 0 Å². The van der Waals surface area contributed by atoms with Gasteiger partial charge in [0, 0.05) is 25.1 Å². The molecule has 1 atom stereocenters. The van der Waals surface area contributed by atoms with Crippen molar-refractivity contribution in [3.63, 3.8) is 0 Å². The molecule has 124 valence electrons. The molecule has 0 radical (unpaired) electrons. The molecule has 2 aliphatic rings. The van der Waals surface area contributed by atoms with Gasteiger partial charge in [-0.3, -0.25) is 9.59 Å². The molecule has 1 spiro atoms. The first kappa shape index (κ1) is 16.0. The molecular formula is C18H25N3O2. The molecule has 1 aromatic carbocycles. The average Bonchev–Trinajstić information content (AvgIpc) is 3.28. The highest BCUT2D eigenvalue weighted by Crippen LogP contribution is 2.58. The third-order valence-electron chi connectivity index (χ3n) is 5.23. The SMILES string of the molecule is CNC(=O)c1cccc(CCNC(=O)C2CC23CCNCC3)c1. The highest BCUT2D eigenvalue weighted by Gasteiger charge is 2.57. The van der Waals surface area contributed by atoms with E-state index in [1.54, 1.807) is 13.1 Å². The third kappa shape index (κ3) is 3.55. The number of piperidine rings is 1. The highest BCUT2D eigenvalue weighted by atomic mass is 16.2. The molecule has 1 aliphatic heterocycles. The summed E-state index contributed by atoms with van der Waals surface area (Å²) in [5.41, 5.74) is 2.01. The molecule has 2 fully saturated rings. The van der Waals surface area contributed by atoms with Crippen molar-refractivity contribution in [2.45, 2.75) is 25.7 Å². The van der Waals surface area contributed by atoms with E-state index in [-0.39, 0.29) is 23.1 Å². The molecule has 0 aromatic heterocycles. The molecule has 5 heteroatoms. The van der Waals surface area contributed by atoms with Crippen molar-refractivity contribution in [1.82, 2.24) is 16.0 Å². The first-order valence-electron chi connectivity index (χ1n) is 8.44. The third-order valence-corrected chi connectivity index (χ3v) is 5.23. The first-order valence-corrected chi connectivity index (χ1v) is 8.44. The fourth-order valence-corrected chi connectivity index (χ4v) is 3.66. The fraction of sp³-hybridized carbons (Fsp3) is 0.556. The lowest BCUT2D eigenvalue weighted by Gasteiger charge is -2.23. The van der Waals surface area contributed by atoms with Crippen LogP contribution in [-0.2, 0) is 11.2 Å². The van der Waals surface area contributed by atoms with Gasteiger partial charge in [0.25, 0.3) is 5.91 Å². The van der Waals surface area contributed by atoms with Crippen molar-refractivity contribution in [3.8, 4) is 0 Å². The van der Waals surface area contributed by atoms with Crippen LogP contribution in [0.1, 0.15) is 35.2 Å². The number of nitrogens with one attached hydrogen (secondary N) is 3. The average molecular weight is 315 g/mol. The van der Waals surface area contributed by atoms with Crippen molar-refractivity contribution in [2.24, 2.45) is 11.3 Å². The summed E-state index contributed by atoms with van der Waals surface area (Å²) in [4.78, 5) is 23.9. The quantitative estimate of drug-likeness (QED) is 0.762. The molecule has 3 rings (SSSR count). The van der Waals surface area contributed by atoms with E-state index in [9.17, 15) is 9.59 Å². The molecule has 3 N–H and O–H groups in total. The molecule has 0 bridgehead atoms. The molecule has 2 amide bonds. The second kappa shape index (κ2) is 6.71. The maximum Gasteiger partial charge on any atom is 0.251 e. The maximum atomic E-state index is 12.3. The Morgan fingerprint density at radius 2 is 2.09 bits per heavy atom. The summed E-state index contributed by atoms with van der Waals surface area (Å²) >= 11 is 0. The second-order valence-electron chi connectivity index (χ2n) is 6.69. The van der Waals surface area contributed by atoms with Gasteiger partial charge >= 0.3 is 0 Å². The predicted octanol–water partition coefficient (Wildman–Crippen LogP) is 1.09. The van der Waals surface area contributed by atoms with E-state index in [1.807, 2.05) is 18.2 Å². The van der Waals surface area contributed by atoms with Crippen LogP contribution < -0.4 is 16.0 Å². The van der Waals surface area contributed by atoms with Crippen LogP contribution in [0.2, 0.25) is 0 Å². The zero-order chi connectivity index (χ0) is 16.3. The number of carbonyl (C=O) groups is 2. The smallest absolute Gasteiger partial charge is 0.251 e. The summed E-state index contributed by atoms with van der Waals surface area (Å²) in [6, 6.07) is 7.55. The van der Waals surface area contributed by atoms with Crippen LogP contribution in [0.25, 0.3) is 0 Å². The number of rotatable bonds is 5. The Labute approximate surface area is 137 Å². The van der Waals surface area contributed by atoms with Crippen molar-refractivity contribution >= 4 is 11.8 Å². The molecule has 1 heterocycles. The van der Waals surface area contributed by atoms with Crippen molar-refractivity contribution in [2.75, 3.05) is 26.7 Å². The second-order valence-corrected chi connectivity index (χ2v) is 6.69. The minimum Gasteiger partial charge on any atom is -0.356 e. The van der Waals surface area contributed by atoms with Crippen LogP contribution >= 0.6 is 0 Å². The van der Waals surface area contributed by atoms with Crippen molar-refractivity contribution < 1.29 is 9.59 Å². The summed E-state index contributed by atoms with van der Waals surface area (Å²) < 4.78 is 0. The summed E-state index contributed by atoms with van der Waals surface area (Å²) in [6.07, 6.45) is 4.04. The van der Waals surface area contributed by atoms with E-state index in [2.05, 4.69) is 16.0 Å². The summed E-state index contributed by atoms with van der Waals surface area (Å²) in [5, 5.41) is 9.05. The Bertz CT molecular complexity index is 594. The van der Waals surface area contributed by atoms with Gasteiger partial charge in [-0.15, -0.1) is 0 Å². The molecule has 1 aromatic rings. The first-order chi connectivity index (χ1) is 11.1. The largest absolute Gasteiger partial charge is 0.356 e. The maximum absolute atomic E-state index is 12.3. The van der Waals surface area contributed by atoms with Gasteiger partial charge in [0.2, 0.25) is 5.91 Å². The number of hydrogen-bond donors (Lipinski definition) is 3. The van der Waals surface area contributed by atoms with Gasteiger partial charge in [0.1, 0.15) is 0 Å². The minimum absolute atomic E-state index is 0.0817. The highest BCUT2D eigenvalue weighted by molar-refractivity contribution is 5.94. The molecule has 1 unspecified atom stereocenters. The van der Waals surface area contributed by atoms with Crippen LogP contribution in [0.4, 0.5) is 0 Å².